The van der Waals surface area contributed by atoms with E-state index in [1.54, 1.807) is 0 Å². The van der Waals surface area contributed by atoms with E-state index in [9.17, 15) is 14.7 Å². The van der Waals surface area contributed by atoms with Gasteiger partial charge >= 0.3 is 11.9 Å². The summed E-state index contributed by atoms with van der Waals surface area (Å²) in [6, 6.07) is 0. The van der Waals surface area contributed by atoms with Gasteiger partial charge in [0.2, 0.25) is 0 Å². The fraction of sp³-hybridized carbons (Fsp3) is 0.956. The average Bonchev–Trinajstić information content (AvgIpc) is 3.12. The molecule has 5 heteroatoms. The fourth-order valence-corrected chi connectivity index (χ4v) is 7.06. The molecule has 298 valence electrons. The van der Waals surface area contributed by atoms with Crippen LogP contribution in [0, 0.1) is 11.8 Å². The second kappa shape index (κ2) is 39.1. The van der Waals surface area contributed by atoms with Crippen molar-refractivity contribution in [3.8, 4) is 0 Å². The summed E-state index contributed by atoms with van der Waals surface area (Å²) in [5.41, 5.74) is 0. The van der Waals surface area contributed by atoms with Crippen LogP contribution in [0.15, 0.2) is 0 Å². The zero-order valence-electron chi connectivity index (χ0n) is 34.3. The van der Waals surface area contributed by atoms with Gasteiger partial charge in [-0.1, -0.05) is 188 Å². The summed E-state index contributed by atoms with van der Waals surface area (Å²) in [4.78, 5) is 24.7. The third kappa shape index (κ3) is 35.3. The molecule has 3 atom stereocenters. The Kier molecular flexibility index (Phi) is 38.3. The van der Waals surface area contributed by atoms with Crippen molar-refractivity contribution in [2.45, 2.75) is 252 Å². The summed E-state index contributed by atoms with van der Waals surface area (Å²) in [7, 11) is 0. The van der Waals surface area contributed by atoms with Crippen molar-refractivity contribution >= 4 is 11.9 Å². The molecule has 0 bridgehead atoms. The van der Waals surface area contributed by atoms with Gasteiger partial charge in [-0.15, -0.1) is 0 Å². The molecule has 0 rings (SSSR count). The van der Waals surface area contributed by atoms with E-state index in [4.69, 9.17) is 9.47 Å². The monoisotopic (exact) mass is 709 g/mol. The SMILES string of the molecule is CCCCCCCCCC(CCCCCCCC(=O)OCC(CC)CCCC)COC(=O)CCCCCCCCCCC(O)CCCCCC. The van der Waals surface area contributed by atoms with Crippen molar-refractivity contribution in [1.29, 1.82) is 0 Å². The van der Waals surface area contributed by atoms with Crippen molar-refractivity contribution in [3.63, 3.8) is 0 Å². The Morgan fingerprint density at radius 2 is 0.720 bits per heavy atom. The molecule has 50 heavy (non-hydrogen) atoms. The summed E-state index contributed by atoms with van der Waals surface area (Å²) in [5, 5.41) is 10.1. The smallest absolute Gasteiger partial charge is 0.305 e. The first-order chi connectivity index (χ1) is 24.5. The van der Waals surface area contributed by atoms with E-state index in [0.29, 0.717) is 37.9 Å². The van der Waals surface area contributed by atoms with Gasteiger partial charge in [0.25, 0.3) is 0 Å². The molecule has 1 N–H and O–H groups in total. The molecule has 3 unspecified atom stereocenters. The molecule has 0 radical (unpaired) electrons. The minimum atomic E-state index is -0.0965. The van der Waals surface area contributed by atoms with Crippen LogP contribution in [-0.4, -0.2) is 36.4 Å². The minimum Gasteiger partial charge on any atom is -0.465 e. The number of aliphatic hydroxyl groups excluding tert-OH is 1. The fourth-order valence-electron chi connectivity index (χ4n) is 7.06. The van der Waals surface area contributed by atoms with Crippen LogP contribution in [0.25, 0.3) is 0 Å². The molecule has 0 aliphatic carbocycles. The lowest BCUT2D eigenvalue weighted by Gasteiger charge is -2.17. The Balaban J connectivity index is 4.09. The molecule has 0 aliphatic heterocycles. The molecule has 0 aromatic rings. The van der Waals surface area contributed by atoms with Crippen molar-refractivity contribution in [1.82, 2.24) is 0 Å². The predicted octanol–water partition coefficient (Wildman–Crippen LogP) is 14.0. The van der Waals surface area contributed by atoms with Crippen LogP contribution in [0.1, 0.15) is 246 Å². The highest BCUT2D eigenvalue weighted by atomic mass is 16.5. The molecular weight excluding hydrogens is 620 g/mol. The second-order valence-corrected chi connectivity index (χ2v) is 15.7. The lowest BCUT2D eigenvalue weighted by atomic mass is 9.94. The number of hydrogen-bond donors (Lipinski definition) is 1. The molecular formula is C45H88O5. The first kappa shape index (κ1) is 48.9. The van der Waals surface area contributed by atoms with Gasteiger partial charge in [-0.05, 0) is 56.8 Å². The molecule has 0 heterocycles. The number of rotatable bonds is 40. The molecule has 0 fully saturated rings. The molecule has 0 aromatic carbocycles. The average molecular weight is 709 g/mol. The summed E-state index contributed by atoms with van der Waals surface area (Å²) >= 11 is 0. The molecule has 0 saturated carbocycles. The van der Waals surface area contributed by atoms with Gasteiger partial charge < -0.3 is 14.6 Å². The van der Waals surface area contributed by atoms with E-state index >= 15 is 0 Å². The number of carbonyl (C=O) groups is 2. The van der Waals surface area contributed by atoms with Crippen molar-refractivity contribution in [2.24, 2.45) is 11.8 Å². The molecule has 0 amide bonds. The predicted molar refractivity (Wildman–Crippen MR) is 215 cm³/mol. The van der Waals surface area contributed by atoms with E-state index in [-0.39, 0.29) is 18.0 Å². The maximum Gasteiger partial charge on any atom is 0.305 e. The lowest BCUT2D eigenvalue weighted by Crippen LogP contribution is -2.14. The van der Waals surface area contributed by atoms with Gasteiger partial charge in [0, 0.05) is 12.8 Å². The van der Waals surface area contributed by atoms with Gasteiger partial charge in [-0.25, -0.2) is 0 Å². The number of unbranched alkanes of at least 4 members (excludes halogenated alkanes) is 21. The topological polar surface area (TPSA) is 72.8 Å². The lowest BCUT2D eigenvalue weighted by molar-refractivity contribution is -0.146. The molecule has 0 aromatic heterocycles. The Bertz CT molecular complexity index is 710. The maximum atomic E-state index is 12.6. The Labute approximate surface area is 312 Å². The van der Waals surface area contributed by atoms with E-state index < -0.39 is 0 Å². The number of ether oxygens (including phenoxy) is 2. The highest BCUT2D eigenvalue weighted by Gasteiger charge is 2.13. The Morgan fingerprint density at radius 1 is 0.400 bits per heavy atom. The van der Waals surface area contributed by atoms with Gasteiger partial charge in [-0.2, -0.15) is 0 Å². The second-order valence-electron chi connectivity index (χ2n) is 15.7. The molecule has 0 spiro atoms. The normalized spacial score (nSPS) is 13.3. The third-order valence-corrected chi connectivity index (χ3v) is 10.8. The molecule has 5 nitrogen and oxygen atoms in total. The zero-order valence-corrected chi connectivity index (χ0v) is 34.3. The standard InChI is InChI=1S/C45H88O5/c1-5-9-12-14-17-21-26-33-42(34-27-22-20-25-31-37-44(47)49-39-41(8-4)32-11-7-3)40-50-45(48)38-30-24-19-16-15-18-23-29-36-43(46)35-28-13-10-6-2/h41-43,46H,5-40H2,1-4H3. The first-order valence-electron chi connectivity index (χ1n) is 22.5. The van der Waals surface area contributed by atoms with Crippen LogP contribution >= 0.6 is 0 Å². The Morgan fingerprint density at radius 3 is 1.14 bits per heavy atom. The minimum absolute atomic E-state index is 0.00896. The highest BCUT2D eigenvalue weighted by Crippen LogP contribution is 2.21. The van der Waals surface area contributed by atoms with Crippen LogP contribution in [-0.2, 0) is 19.1 Å². The van der Waals surface area contributed by atoms with E-state index in [0.717, 1.165) is 70.6 Å². The van der Waals surface area contributed by atoms with Crippen LogP contribution < -0.4 is 0 Å². The van der Waals surface area contributed by atoms with Gasteiger partial charge in [0.05, 0.1) is 19.3 Å². The van der Waals surface area contributed by atoms with E-state index in [2.05, 4.69) is 27.7 Å². The van der Waals surface area contributed by atoms with Crippen LogP contribution in [0.4, 0.5) is 0 Å². The van der Waals surface area contributed by atoms with Crippen LogP contribution in [0.5, 0.6) is 0 Å². The molecule has 0 aliphatic rings. The van der Waals surface area contributed by atoms with Gasteiger partial charge in [0.1, 0.15) is 0 Å². The summed E-state index contributed by atoms with van der Waals surface area (Å²) in [6.45, 7) is 10.1. The van der Waals surface area contributed by atoms with Crippen molar-refractivity contribution in [2.75, 3.05) is 13.2 Å². The van der Waals surface area contributed by atoms with Gasteiger partial charge in [-0.3, -0.25) is 9.59 Å². The number of carbonyl (C=O) groups excluding carboxylic acids is 2. The summed E-state index contributed by atoms with van der Waals surface area (Å²) < 4.78 is 11.4. The van der Waals surface area contributed by atoms with E-state index in [1.165, 1.54) is 135 Å². The Hall–Kier alpha value is -1.10. The van der Waals surface area contributed by atoms with Crippen molar-refractivity contribution < 1.29 is 24.2 Å². The van der Waals surface area contributed by atoms with Crippen molar-refractivity contribution in [3.05, 3.63) is 0 Å². The number of hydrogen-bond acceptors (Lipinski definition) is 5. The van der Waals surface area contributed by atoms with Gasteiger partial charge in [0.15, 0.2) is 0 Å². The summed E-state index contributed by atoms with van der Waals surface area (Å²) in [6.07, 6.45) is 39.1. The number of esters is 2. The quantitative estimate of drug-likeness (QED) is 0.0507. The molecule has 0 saturated heterocycles. The van der Waals surface area contributed by atoms with Crippen LogP contribution in [0.3, 0.4) is 0 Å². The van der Waals surface area contributed by atoms with E-state index in [1.807, 2.05) is 0 Å². The third-order valence-electron chi connectivity index (χ3n) is 10.8. The first-order valence-corrected chi connectivity index (χ1v) is 22.5. The number of aliphatic hydroxyl groups is 1. The maximum absolute atomic E-state index is 12.6. The summed E-state index contributed by atoms with van der Waals surface area (Å²) in [5.74, 6) is 0.957. The van der Waals surface area contributed by atoms with Crippen LogP contribution in [0.2, 0.25) is 0 Å². The zero-order chi connectivity index (χ0) is 36.8. The largest absolute Gasteiger partial charge is 0.465 e. The highest BCUT2D eigenvalue weighted by molar-refractivity contribution is 5.69.